The van der Waals surface area contributed by atoms with Crippen molar-refractivity contribution in [1.82, 2.24) is 14.8 Å². The molecule has 0 N–H and O–H groups in total. The summed E-state index contributed by atoms with van der Waals surface area (Å²) in [7, 11) is 0. The third-order valence-corrected chi connectivity index (χ3v) is 3.87. The van der Waals surface area contributed by atoms with Crippen LogP contribution in [-0.4, -0.2) is 46.9 Å². The fourth-order valence-electron chi connectivity index (χ4n) is 2.49. The highest BCUT2D eigenvalue weighted by Gasteiger charge is 2.34. The number of nitrogens with zero attached hydrogens (tertiary/aromatic N) is 3. The van der Waals surface area contributed by atoms with Crippen LogP contribution >= 0.6 is 0 Å². The molecule has 0 spiro atoms. The molecule has 0 atom stereocenters. The molecule has 0 unspecified atom stereocenters. The van der Waals surface area contributed by atoms with Crippen LogP contribution in [0.3, 0.4) is 0 Å². The molecule has 0 bridgehead atoms. The van der Waals surface area contributed by atoms with Crippen LogP contribution in [0, 0.1) is 17.6 Å². The largest absolute Gasteiger partial charge is 0.340 e. The zero-order valence-electron chi connectivity index (χ0n) is 11.2. The molecule has 4 nitrogen and oxygen atoms in total. The average Bonchev–Trinajstić information content (AvgIpc) is 3.26. The van der Waals surface area contributed by atoms with Gasteiger partial charge in [0.1, 0.15) is 11.6 Å². The predicted octanol–water partition coefficient (Wildman–Crippen LogP) is 1.41. The van der Waals surface area contributed by atoms with E-state index < -0.39 is 11.6 Å². The van der Waals surface area contributed by atoms with Crippen molar-refractivity contribution in [3.63, 3.8) is 0 Å². The number of amides is 1. The molecule has 108 valence electrons. The van der Waals surface area contributed by atoms with Gasteiger partial charge in [-0.2, -0.15) is 0 Å². The van der Waals surface area contributed by atoms with Crippen molar-refractivity contribution in [1.29, 1.82) is 0 Å². The van der Waals surface area contributed by atoms with Gasteiger partial charge in [0.05, 0.1) is 11.9 Å². The number of hydrogen-bond donors (Lipinski definition) is 0. The number of piperazine rings is 1. The summed E-state index contributed by atoms with van der Waals surface area (Å²) < 4.78 is 26.3. The van der Waals surface area contributed by atoms with Crippen LogP contribution < -0.4 is 0 Å². The van der Waals surface area contributed by atoms with Gasteiger partial charge in [0.15, 0.2) is 0 Å². The van der Waals surface area contributed by atoms with E-state index in [2.05, 4.69) is 4.98 Å². The third kappa shape index (κ3) is 2.95. The Balaban J connectivity index is 1.54. The van der Waals surface area contributed by atoms with E-state index in [4.69, 9.17) is 0 Å². The Labute approximate surface area is 116 Å². The Morgan fingerprint density at radius 1 is 1.25 bits per heavy atom. The van der Waals surface area contributed by atoms with Crippen molar-refractivity contribution >= 4 is 5.91 Å². The van der Waals surface area contributed by atoms with Crippen LogP contribution in [-0.2, 0) is 11.3 Å². The summed E-state index contributed by atoms with van der Waals surface area (Å²) in [5.41, 5.74) is 0.258. The average molecular weight is 281 g/mol. The summed E-state index contributed by atoms with van der Waals surface area (Å²) in [6, 6.07) is 0.856. The molecule has 1 aliphatic carbocycles. The van der Waals surface area contributed by atoms with E-state index in [-0.39, 0.29) is 17.5 Å². The zero-order valence-corrected chi connectivity index (χ0v) is 11.2. The molecule has 1 saturated heterocycles. The van der Waals surface area contributed by atoms with Gasteiger partial charge >= 0.3 is 0 Å². The Bertz CT molecular complexity index is 511. The van der Waals surface area contributed by atoms with Crippen molar-refractivity contribution in [2.75, 3.05) is 26.2 Å². The molecule has 0 aromatic carbocycles. The zero-order chi connectivity index (χ0) is 14.1. The van der Waals surface area contributed by atoms with Crippen molar-refractivity contribution in [2.24, 2.45) is 5.92 Å². The molecule has 1 saturated carbocycles. The Morgan fingerprint density at radius 2 is 1.95 bits per heavy atom. The van der Waals surface area contributed by atoms with Gasteiger partial charge in [-0.05, 0) is 12.8 Å². The van der Waals surface area contributed by atoms with E-state index >= 15 is 0 Å². The lowest BCUT2D eigenvalue weighted by Gasteiger charge is -2.34. The maximum Gasteiger partial charge on any atom is 0.225 e. The molecule has 2 fully saturated rings. The van der Waals surface area contributed by atoms with Gasteiger partial charge in [0, 0.05) is 44.7 Å². The normalized spacial score (nSPS) is 20.2. The highest BCUT2D eigenvalue weighted by molar-refractivity contribution is 5.81. The first-order valence-corrected chi connectivity index (χ1v) is 6.94. The number of hydrogen-bond acceptors (Lipinski definition) is 3. The number of rotatable bonds is 3. The van der Waals surface area contributed by atoms with Crippen LogP contribution in [0.15, 0.2) is 12.3 Å². The van der Waals surface area contributed by atoms with E-state index in [1.807, 2.05) is 9.80 Å². The molecule has 3 rings (SSSR count). The smallest absolute Gasteiger partial charge is 0.225 e. The molecule has 1 aromatic heterocycles. The molecule has 20 heavy (non-hydrogen) atoms. The number of carbonyl (C=O) groups is 1. The van der Waals surface area contributed by atoms with Crippen molar-refractivity contribution < 1.29 is 13.6 Å². The molecule has 1 amide bonds. The van der Waals surface area contributed by atoms with E-state index in [1.54, 1.807) is 0 Å². The van der Waals surface area contributed by atoms with Crippen molar-refractivity contribution in [2.45, 2.75) is 19.4 Å². The SMILES string of the molecule is O=C(C1CC1)N1CCN(Cc2ncc(F)cc2F)CC1. The summed E-state index contributed by atoms with van der Waals surface area (Å²) in [5, 5.41) is 0. The lowest BCUT2D eigenvalue weighted by atomic mass is 10.2. The first kappa shape index (κ1) is 13.4. The summed E-state index contributed by atoms with van der Waals surface area (Å²) in [6.45, 7) is 3.13. The Kier molecular flexibility index (Phi) is 3.65. The first-order valence-electron chi connectivity index (χ1n) is 6.94. The first-order chi connectivity index (χ1) is 9.63. The van der Waals surface area contributed by atoms with E-state index in [9.17, 15) is 13.6 Å². The Hall–Kier alpha value is -1.56. The molecule has 0 radical (unpaired) electrons. The van der Waals surface area contributed by atoms with Crippen LogP contribution in [0.1, 0.15) is 18.5 Å². The number of aromatic nitrogens is 1. The quantitative estimate of drug-likeness (QED) is 0.840. The van der Waals surface area contributed by atoms with E-state index in [0.29, 0.717) is 32.7 Å². The molecule has 1 aliphatic heterocycles. The fraction of sp³-hybridized carbons (Fsp3) is 0.571. The van der Waals surface area contributed by atoms with Crippen LogP contribution in [0.5, 0.6) is 0 Å². The minimum Gasteiger partial charge on any atom is -0.340 e. The fourth-order valence-corrected chi connectivity index (χ4v) is 2.49. The summed E-state index contributed by atoms with van der Waals surface area (Å²) >= 11 is 0. The molecule has 1 aromatic rings. The summed E-state index contributed by atoms with van der Waals surface area (Å²) in [5.74, 6) is -0.763. The van der Waals surface area contributed by atoms with Gasteiger partial charge in [-0.25, -0.2) is 8.78 Å². The monoisotopic (exact) mass is 281 g/mol. The van der Waals surface area contributed by atoms with Gasteiger partial charge in [-0.1, -0.05) is 0 Å². The second kappa shape index (κ2) is 5.44. The highest BCUT2D eigenvalue weighted by Crippen LogP contribution is 2.31. The van der Waals surface area contributed by atoms with Crippen LogP contribution in [0.4, 0.5) is 8.78 Å². The van der Waals surface area contributed by atoms with Gasteiger partial charge in [0.25, 0.3) is 0 Å². The summed E-state index contributed by atoms with van der Waals surface area (Å²) in [6.07, 6.45) is 3.07. The second-order valence-corrected chi connectivity index (χ2v) is 5.46. The predicted molar refractivity (Wildman–Crippen MR) is 68.7 cm³/mol. The maximum absolute atomic E-state index is 13.5. The Morgan fingerprint density at radius 3 is 2.55 bits per heavy atom. The topological polar surface area (TPSA) is 36.4 Å². The highest BCUT2D eigenvalue weighted by atomic mass is 19.1. The van der Waals surface area contributed by atoms with Crippen molar-refractivity contribution in [3.8, 4) is 0 Å². The van der Waals surface area contributed by atoms with Gasteiger partial charge in [0.2, 0.25) is 5.91 Å². The molecule has 2 heterocycles. The van der Waals surface area contributed by atoms with Gasteiger partial charge in [-0.15, -0.1) is 0 Å². The van der Waals surface area contributed by atoms with Crippen molar-refractivity contribution in [3.05, 3.63) is 29.6 Å². The minimum atomic E-state index is -0.661. The van der Waals surface area contributed by atoms with E-state index in [0.717, 1.165) is 25.1 Å². The molecular formula is C14H17F2N3O. The van der Waals surface area contributed by atoms with Gasteiger partial charge < -0.3 is 4.90 Å². The summed E-state index contributed by atoms with van der Waals surface area (Å²) in [4.78, 5) is 19.6. The maximum atomic E-state index is 13.5. The number of carbonyl (C=O) groups excluding carboxylic acids is 1. The standard InChI is InChI=1S/C14H17F2N3O/c15-11-7-12(16)13(17-8-11)9-18-3-5-19(6-4-18)14(20)10-1-2-10/h7-8,10H,1-6,9H2. The molecule has 6 heteroatoms. The van der Waals surface area contributed by atoms with Crippen LogP contribution in [0.2, 0.25) is 0 Å². The van der Waals surface area contributed by atoms with Gasteiger partial charge in [-0.3, -0.25) is 14.7 Å². The molecular weight excluding hydrogens is 264 g/mol. The minimum absolute atomic E-state index is 0.248. The van der Waals surface area contributed by atoms with E-state index in [1.165, 1.54) is 0 Å². The number of halogens is 2. The lowest BCUT2D eigenvalue weighted by Crippen LogP contribution is -2.48. The second-order valence-electron chi connectivity index (χ2n) is 5.46. The third-order valence-electron chi connectivity index (χ3n) is 3.87. The van der Waals surface area contributed by atoms with Crippen LogP contribution in [0.25, 0.3) is 0 Å². The number of pyridine rings is 1. The molecule has 2 aliphatic rings. The lowest BCUT2D eigenvalue weighted by molar-refractivity contribution is -0.134.